The van der Waals surface area contributed by atoms with E-state index >= 15 is 0 Å². The van der Waals surface area contributed by atoms with E-state index in [1.165, 1.54) is 20.1 Å². The molecule has 6 aromatic rings. The molecule has 0 N–H and O–H groups in total. The van der Waals surface area contributed by atoms with Gasteiger partial charge in [-0.2, -0.15) is 0 Å². The van der Waals surface area contributed by atoms with Gasteiger partial charge in [0.05, 0.1) is 0 Å². The van der Waals surface area contributed by atoms with Gasteiger partial charge in [-0.15, -0.1) is 0 Å². The summed E-state index contributed by atoms with van der Waals surface area (Å²) in [5, 5.41) is 1.18. The first kappa shape index (κ1) is 54.1. The molecular weight excluding hydrogens is 1080 g/mol. The van der Waals surface area contributed by atoms with Crippen molar-refractivity contribution in [1.82, 2.24) is 17.9 Å². The van der Waals surface area contributed by atoms with Gasteiger partial charge < -0.3 is 0 Å². The Hall–Kier alpha value is -2.82. The van der Waals surface area contributed by atoms with Gasteiger partial charge >= 0.3 is 407 Å². The number of unbranched alkanes of at least 4 members (excludes halogenated alkanes) is 6. The number of aromatic nitrogens is 4. The summed E-state index contributed by atoms with van der Waals surface area (Å²) < 4.78 is 96.2. The first-order valence-electron chi connectivity index (χ1n) is 24.6. The average molecular weight is 1160 g/mol. The third-order valence-corrected chi connectivity index (χ3v) is 48.5. The van der Waals surface area contributed by atoms with Crippen LogP contribution in [0.25, 0.3) is 22.1 Å². The Labute approximate surface area is 403 Å². The molecule has 0 aliphatic heterocycles. The van der Waals surface area contributed by atoms with E-state index in [0.717, 1.165) is 135 Å². The number of hydrogen-bond donors (Lipinski definition) is 0. The zero-order chi connectivity index (χ0) is 48.1. The number of fused-ring (bicyclic) bond motifs is 2. The molecule has 0 fully saturated rings. The Morgan fingerprint density at radius 1 is 0.455 bits per heavy atom. The molecule has 0 aliphatic rings. The molecule has 0 spiro atoms. The molecule has 0 radical (unpaired) electrons. The summed E-state index contributed by atoms with van der Waals surface area (Å²) in [6.45, 7) is 17.1. The maximum absolute atomic E-state index is 14.1. The van der Waals surface area contributed by atoms with E-state index in [2.05, 4.69) is 51.5 Å². The van der Waals surface area contributed by atoms with Crippen molar-refractivity contribution in [2.24, 2.45) is 0 Å². The number of pyridine rings is 2. The van der Waals surface area contributed by atoms with Crippen molar-refractivity contribution in [3.8, 4) is 0 Å². The predicted octanol–water partition coefficient (Wildman–Crippen LogP) is 13.6. The van der Waals surface area contributed by atoms with Gasteiger partial charge in [-0.1, -0.05) is 0 Å². The van der Waals surface area contributed by atoms with Gasteiger partial charge in [-0.05, 0) is 0 Å². The molecule has 6 rings (SSSR count). The number of halogens is 2. The van der Waals surface area contributed by atoms with Crippen LogP contribution < -0.4 is 7.42 Å². The quantitative estimate of drug-likeness (QED) is 0.0559. The summed E-state index contributed by atoms with van der Waals surface area (Å²) >= 11 is -6.39. The summed E-state index contributed by atoms with van der Waals surface area (Å²) in [5.74, 6) is -0.870. The summed E-state index contributed by atoms with van der Waals surface area (Å²) in [7, 11) is -7.71. The number of hydrogen-bond acceptors (Lipinski definition) is 6. The third-order valence-electron chi connectivity index (χ3n) is 13.4. The average Bonchev–Trinajstić information content (AvgIpc) is 3.89. The number of nitrogens with zero attached hydrogens (tertiary/aromatic N) is 4. The monoisotopic (exact) mass is 1160 g/mol. The van der Waals surface area contributed by atoms with Crippen molar-refractivity contribution in [1.29, 1.82) is 0 Å². The Morgan fingerprint density at radius 2 is 0.727 bits per heavy atom. The number of aryl methyl sites for hydroxylation is 2. The first-order chi connectivity index (χ1) is 31.6. The number of benzene rings is 2. The second-order valence-electron chi connectivity index (χ2n) is 18.5. The molecule has 0 aliphatic carbocycles. The standard InChI is InChI=1S/2C14H10FN2O2S.6C4H9.2Sn/c2*1-10-2-4-13(5-3-10)20(18,19)17-7-6-11-8-12(15)9-16-14(11)17;6*1-3-4-2;;/h2*2-6,8-9H,1H3;6*1,3-4H2,2H3;;. The van der Waals surface area contributed by atoms with Gasteiger partial charge in [-0.25, -0.2) is 0 Å². The minimum absolute atomic E-state index is 0.264. The summed E-state index contributed by atoms with van der Waals surface area (Å²) in [5.41, 5.74) is 2.73. The van der Waals surface area contributed by atoms with Crippen LogP contribution in [-0.4, -0.2) is 71.5 Å². The summed E-state index contributed by atoms with van der Waals surface area (Å²) in [6.07, 6.45) is 15.5. The minimum atomic E-state index is -3.86. The van der Waals surface area contributed by atoms with Gasteiger partial charge in [0.25, 0.3) is 0 Å². The molecule has 0 amide bonds. The fraction of sp³-hybridized carbons (Fsp3) is 0.500. The molecule has 4 heterocycles. The zero-order valence-corrected chi connectivity index (χ0v) is 48.1. The third kappa shape index (κ3) is 12.5. The fourth-order valence-electron chi connectivity index (χ4n) is 9.55. The molecule has 66 heavy (non-hydrogen) atoms. The van der Waals surface area contributed by atoms with Gasteiger partial charge in [0.2, 0.25) is 0 Å². The molecule has 4 aromatic heterocycles. The molecule has 0 atom stereocenters. The molecule has 8 nitrogen and oxygen atoms in total. The van der Waals surface area contributed by atoms with E-state index in [9.17, 15) is 25.6 Å². The summed E-state index contributed by atoms with van der Waals surface area (Å²) in [4.78, 5) is 9.14. The van der Waals surface area contributed by atoms with Crippen molar-refractivity contribution in [2.75, 3.05) is 0 Å². The van der Waals surface area contributed by atoms with Crippen LogP contribution in [0.1, 0.15) is 130 Å². The second-order valence-corrected chi connectivity index (χ2v) is 48.2. The van der Waals surface area contributed by atoms with E-state index in [0.29, 0.717) is 22.1 Å². The molecule has 0 saturated carbocycles. The number of rotatable bonds is 24. The van der Waals surface area contributed by atoms with Crippen molar-refractivity contribution >= 4 is 86.3 Å². The van der Waals surface area contributed by atoms with Gasteiger partial charge in [0.1, 0.15) is 0 Å². The van der Waals surface area contributed by atoms with Crippen LogP contribution in [0.5, 0.6) is 0 Å². The van der Waals surface area contributed by atoms with Crippen LogP contribution in [0.15, 0.2) is 95.0 Å². The topological polar surface area (TPSA) is 104 Å². The van der Waals surface area contributed by atoms with Crippen LogP contribution in [0.2, 0.25) is 26.6 Å². The van der Waals surface area contributed by atoms with Crippen molar-refractivity contribution < 1.29 is 25.6 Å². The van der Waals surface area contributed by atoms with Crippen LogP contribution in [0.4, 0.5) is 8.78 Å². The van der Waals surface area contributed by atoms with Gasteiger partial charge in [0, 0.05) is 0 Å². The second kappa shape index (κ2) is 24.6. The summed E-state index contributed by atoms with van der Waals surface area (Å²) in [6, 6.07) is 20.8. The van der Waals surface area contributed by atoms with Crippen molar-refractivity contribution in [3.05, 3.63) is 108 Å². The van der Waals surface area contributed by atoms with E-state index in [1.807, 2.05) is 50.2 Å². The normalized spacial score (nSPS) is 12.5. The van der Waals surface area contributed by atoms with E-state index < -0.39 is 68.4 Å². The molecule has 360 valence electrons. The van der Waals surface area contributed by atoms with Gasteiger partial charge in [0.15, 0.2) is 0 Å². The Kier molecular flexibility index (Phi) is 20.2. The Morgan fingerprint density at radius 3 is 0.985 bits per heavy atom. The molecular formula is C52H74F2N4O4S2Sn2. The Bertz CT molecular complexity index is 2490. The molecule has 0 unspecified atom stereocenters. The Balaban J connectivity index is 0.000000247. The molecule has 14 heteroatoms. The first-order valence-corrected chi connectivity index (χ1v) is 42.4. The molecule has 0 bridgehead atoms. The van der Waals surface area contributed by atoms with E-state index in [1.54, 1.807) is 24.3 Å². The van der Waals surface area contributed by atoms with Crippen LogP contribution in [-0.2, 0) is 20.0 Å². The van der Waals surface area contributed by atoms with E-state index in [4.69, 9.17) is 0 Å². The van der Waals surface area contributed by atoms with Gasteiger partial charge in [-0.3, -0.25) is 0 Å². The molecule has 2 aromatic carbocycles. The maximum atomic E-state index is 14.1. The fourth-order valence-corrected chi connectivity index (χ4v) is 49.0. The van der Waals surface area contributed by atoms with Crippen LogP contribution in [0.3, 0.4) is 0 Å². The van der Waals surface area contributed by atoms with Crippen LogP contribution >= 0.6 is 0 Å². The zero-order valence-electron chi connectivity index (χ0n) is 40.8. The van der Waals surface area contributed by atoms with Crippen molar-refractivity contribution in [2.45, 2.75) is 169 Å². The van der Waals surface area contributed by atoms with Crippen LogP contribution in [0, 0.1) is 25.5 Å². The predicted molar refractivity (Wildman–Crippen MR) is 276 cm³/mol. The van der Waals surface area contributed by atoms with E-state index in [-0.39, 0.29) is 9.79 Å². The van der Waals surface area contributed by atoms with Crippen molar-refractivity contribution in [3.63, 3.8) is 0 Å². The SMILES string of the molecule is CCC[CH2][Sn]([CH2]CCC)([CH2]CCC)[c]1cc2cc(F)cnc2n1S(=O)(=O)c1ccc(C)cc1.CCC[CH2][Sn]([CH2]CCC)([CH2]CCC)[c]1cc2cc(F)cnc2n1S(=O)(=O)c1ccc(C)cc1. The molecule has 0 saturated heterocycles.